The number of thioether (sulfide) groups is 1. The number of aliphatic imine (C=N–C) groups is 1. The molecule has 1 aromatic rings. The van der Waals surface area contributed by atoms with Crippen molar-refractivity contribution in [2.24, 2.45) is 4.99 Å². The van der Waals surface area contributed by atoms with Crippen molar-refractivity contribution in [3.63, 3.8) is 0 Å². The third kappa shape index (κ3) is 10.0. The Hall–Kier alpha value is -2.22. The highest BCUT2D eigenvalue weighted by Gasteiger charge is 2.24. The molecule has 1 aliphatic rings. The van der Waals surface area contributed by atoms with Gasteiger partial charge in [0.05, 0.1) is 11.1 Å². The number of nitrogens with zero attached hydrogens (tertiary/aromatic N) is 1. The number of rotatable bonds is 9. The molecule has 0 unspecified atom stereocenters. The summed E-state index contributed by atoms with van der Waals surface area (Å²) in [7, 11) is 0. The number of ether oxygens (including phenoxy) is 2. The quantitative estimate of drug-likeness (QED) is 0.557. The van der Waals surface area contributed by atoms with Gasteiger partial charge in [0.1, 0.15) is 12.2 Å². The predicted octanol–water partition coefficient (Wildman–Crippen LogP) is 4.51. The molecule has 0 bridgehead atoms. The minimum absolute atomic E-state index is 0.157. The summed E-state index contributed by atoms with van der Waals surface area (Å²) in [5, 5.41) is 6.69. The van der Waals surface area contributed by atoms with Crippen LogP contribution in [0.4, 0.5) is 9.59 Å². The summed E-state index contributed by atoms with van der Waals surface area (Å²) in [6, 6.07) is 9.41. The number of carbonyl (C=O) groups is 2. The van der Waals surface area contributed by atoms with Crippen molar-refractivity contribution in [3.05, 3.63) is 35.9 Å². The third-order valence-corrected chi connectivity index (χ3v) is 5.41. The molecule has 0 radical (unpaired) electrons. The molecule has 1 aliphatic heterocycles. The first kappa shape index (κ1) is 24.1. The topological polar surface area (TPSA) is 89.0 Å². The average Bonchev–Trinajstić information content (AvgIpc) is 2.71. The smallest absolute Gasteiger partial charge is 0.408 e. The molecule has 2 amide bonds. The summed E-state index contributed by atoms with van der Waals surface area (Å²) >= 11 is 1.69. The van der Waals surface area contributed by atoms with E-state index in [1.54, 1.807) is 11.8 Å². The molecule has 0 saturated carbocycles. The molecule has 166 valence electrons. The zero-order chi connectivity index (χ0) is 21.8. The Labute approximate surface area is 183 Å². The van der Waals surface area contributed by atoms with E-state index >= 15 is 0 Å². The Morgan fingerprint density at radius 3 is 2.60 bits per heavy atom. The molecule has 0 spiro atoms. The minimum Gasteiger partial charge on any atom is -0.445 e. The van der Waals surface area contributed by atoms with Crippen LogP contribution >= 0.6 is 11.8 Å². The molecule has 30 heavy (non-hydrogen) atoms. The molecular formula is C22H33N3O4S. The van der Waals surface area contributed by atoms with E-state index in [0.29, 0.717) is 6.54 Å². The molecule has 0 fully saturated rings. The van der Waals surface area contributed by atoms with Gasteiger partial charge in [-0.25, -0.2) is 9.59 Å². The second-order valence-corrected chi connectivity index (χ2v) is 9.22. The van der Waals surface area contributed by atoms with Gasteiger partial charge in [0.15, 0.2) is 0 Å². The predicted molar refractivity (Wildman–Crippen MR) is 121 cm³/mol. The number of alkyl carbamates (subject to hydrolysis) is 2. The largest absolute Gasteiger partial charge is 0.445 e. The molecular weight excluding hydrogens is 402 g/mol. The Kier molecular flexibility index (Phi) is 10.00. The lowest BCUT2D eigenvalue weighted by Gasteiger charge is -2.25. The van der Waals surface area contributed by atoms with Crippen molar-refractivity contribution in [2.75, 3.05) is 18.8 Å². The Morgan fingerprint density at radius 2 is 1.93 bits per heavy atom. The molecule has 1 atom stereocenters. The third-order valence-electron chi connectivity index (χ3n) is 4.21. The molecule has 0 saturated heterocycles. The minimum atomic E-state index is -0.541. The van der Waals surface area contributed by atoms with E-state index in [0.717, 1.165) is 48.6 Å². The second kappa shape index (κ2) is 12.5. The fourth-order valence-electron chi connectivity index (χ4n) is 2.83. The van der Waals surface area contributed by atoms with Crippen molar-refractivity contribution < 1.29 is 19.1 Å². The molecule has 7 nitrogen and oxygen atoms in total. The lowest BCUT2D eigenvalue weighted by atomic mass is 10.1. The van der Waals surface area contributed by atoms with E-state index in [4.69, 9.17) is 9.47 Å². The monoisotopic (exact) mass is 435 g/mol. The van der Waals surface area contributed by atoms with Crippen molar-refractivity contribution in [2.45, 2.75) is 64.7 Å². The second-order valence-electron chi connectivity index (χ2n) is 8.11. The van der Waals surface area contributed by atoms with Gasteiger partial charge in [-0.05, 0) is 52.0 Å². The number of benzene rings is 1. The van der Waals surface area contributed by atoms with Crippen LogP contribution in [0, 0.1) is 0 Å². The van der Waals surface area contributed by atoms with Crippen LogP contribution in [0.15, 0.2) is 35.3 Å². The molecule has 2 rings (SSSR count). The van der Waals surface area contributed by atoms with E-state index in [1.807, 2.05) is 51.1 Å². The highest BCUT2D eigenvalue weighted by atomic mass is 32.2. The van der Waals surface area contributed by atoms with Crippen molar-refractivity contribution >= 4 is 29.0 Å². The zero-order valence-electron chi connectivity index (χ0n) is 18.1. The first-order valence-corrected chi connectivity index (χ1v) is 11.4. The van der Waals surface area contributed by atoms with Crippen LogP contribution in [0.3, 0.4) is 0 Å². The van der Waals surface area contributed by atoms with E-state index in [-0.39, 0.29) is 12.6 Å². The van der Waals surface area contributed by atoms with Crippen LogP contribution in [-0.4, -0.2) is 47.7 Å². The molecule has 2 N–H and O–H groups in total. The van der Waals surface area contributed by atoms with Crippen LogP contribution in [0.2, 0.25) is 0 Å². The van der Waals surface area contributed by atoms with Gasteiger partial charge in [-0.3, -0.25) is 4.99 Å². The SMILES string of the molecule is CC(C)(C)OC(=O)N[C@@H](CCCCNC(=O)OCc1ccccc1)C1=NCCCS1. The van der Waals surface area contributed by atoms with Crippen molar-refractivity contribution in [3.8, 4) is 0 Å². The maximum atomic E-state index is 12.2. The Balaban J connectivity index is 1.70. The van der Waals surface area contributed by atoms with E-state index in [9.17, 15) is 9.59 Å². The van der Waals surface area contributed by atoms with Crippen LogP contribution in [0.5, 0.6) is 0 Å². The van der Waals surface area contributed by atoms with Crippen molar-refractivity contribution in [1.82, 2.24) is 10.6 Å². The van der Waals surface area contributed by atoms with Crippen LogP contribution in [0.1, 0.15) is 52.0 Å². The lowest BCUT2D eigenvalue weighted by Crippen LogP contribution is -2.43. The van der Waals surface area contributed by atoms with Gasteiger partial charge in [0, 0.05) is 18.8 Å². The standard InChI is InChI=1S/C22H33N3O4S/c1-22(2,3)29-21(27)25-18(19-23-14-9-15-30-19)12-7-8-13-24-20(26)28-16-17-10-5-4-6-11-17/h4-6,10-11,18H,7-9,12-16H2,1-3H3,(H,24,26)(H,25,27)/t18-/m0/s1. The summed E-state index contributed by atoms with van der Waals surface area (Å²) in [4.78, 5) is 28.6. The zero-order valence-corrected chi connectivity index (χ0v) is 18.9. The van der Waals surface area contributed by atoms with E-state index in [1.165, 1.54) is 0 Å². The fraction of sp³-hybridized carbons (Fsp3) is 0.591. The van der Waals surface area contributed by atoms with Gasteiger partial charge < -0.3 is 20.1 Å². The highest BCUT2D eigenvalue weighted by Crippen LogP contribution is 2.19. The van der Waals surface area contributed by atoms with Crippen LogP contribution in [0.25, 0.3) is 0 Å². The summed E-state index contributed by atoms with van der Waals surface area (Å²) in [6.45, 7) is 7.10. The van der Waals surface area contributed by atoms with Gasteiger partial charge in [-0.1, -0.05) is 30.3 Å². The molecule has 1 aromatic carbocycles. The number of hydrogen-bond donors (Lipinski definition) is 2. The van der Waals surface area contributed by atoms with Gasteiger partial charge >= 0.3 is 12.2 Å². The first-order valence-electron chi connectivity index (χ1n) is 10.4. The first-order chi connectivity index (χ1) is 14.3. The number of carbonyl (C=O) groups excluding carboxylic acids is 2. The normalized spacial score (nSPS) is 15.0. The van der Waals surface area contributed by atoms with Gasteiger partial charge in [-0.2, -0.15) is 0 Å². The van der Waals surface area contributed by atoms with Crippen LogP contribution in [-0.2, 0) is 16.1 Å². The number of hydrogen-bond acceptors (Lipinski definition) is 6. The highest BCUT2D eigenvalue weighted by molar-refractivity contribution is 8.14. The molecule has 1 heterocycles. The average molecular weight is 436 g/mol. The number of nitrogens with one attached hydrogen (secondary N) is 2. The Bertz CT molecular complexity index is 704. The molecule has 8 heteroatoms. The Morgan fingerprint density at radius 1 is 1.17 bits per heavy atom. The van der Waals surface area contributed by atoms with E-state index in [2.05, 4.69) is 15.6 Å². The summed E-state index contributed by atoms with van der Waals surface area (Å²) in [5.74, 6) is 1.01. The maximum Gasteiger partial charge on any atom is 0.408 e. The molecule has 0 aliphatic carbocycles. The lowest BCUT2D eigenvalue weighted by molar-refractivity contribution is 0.0516. The van der Waals surface area contributed by atoms with Gasteiger partial charge in [-0.15, -0.1) is 11.8 Å². The summed E-state index contributed by atoms with van der Waals surface area (Å²) in [6.07, 6.45) is 2.57. The van der Waals surface area contributed by atoms with E-state index < -0.39 is 17.8 Å². The summed E-state index contributed by atoms with van der Waals surface area (Å²) in [5.41, 5.74) is 0.412. The van der Waals surface area contributed by atoms with Crippen LogP contribution < -0.4 is 10.6 Å². The molecule has 0 aromatic heterocycles. The van der Waals surface area contributed by atoms with Crippen molar-refractivity contribution in [1.29, 1.82) is 0 Å². The number of amides is 2. The maximum absolute atomic E-state index is 12.2. The summed E-state index contributed by atoms with van der Waals surface area (Å²) < 4.78 is 10.6. The number of unbranched alkanes of at least 4 members (excludes halogenated alkanes) is 1. The van der Waals surface area contributed by atoms with Gasteiger partial charge in [0.25, 0.3) is 0 Å². The van der Waals surface area contributed by atoms with Gasteiger partial charge in [0.2, 0.25) is 0 Å². The fourth-order valence-corrected chi connectivity index (χ4v) is 3.88.